The minimum atomic E-state index is -3.86. The fraction of sp³-hybridized carbons (Fsp3) is 0.357. The fourth-order valence-electron chi connectivity index (χ4n) is 1.93. The van der Waals surface area contributed by atoms with Gasteiger partial charge in [-0.2, -0.15) is 0 Å². The normalized spacial score (nSPS) is 11.2. The maximum Gasteiger partial charge on any atom is 0.295 e. The van der Waals surface area contributed by atoms with E-state index in [0.29, 0.717) is 19.3 Å². The number of sulfone groups is 1. The van der Waals surface area contributed by atoms with E-state index in [0.717, 1.165) is 0 Å². The highest BCUT2D eigenvalue weighted by molar-refractivity contribution is 7.91. The summed E-state index contributed by atoms with van der Waals surface area (Å²) < 4.78 is 34.7. The summed E-state index contributed by atoms with van der Waals surface area (Å²) >= 11 is 0. The van der Waals surface area contributed by atoms with Gasteiger partial charge < -0.3 is 4.74 Å². The minimum absolute atomic E-state index is 0.0700. The number of unbranched alkanes of at least 4 members (excludes halogenated alkanes) is 2. The third-order valence-corrected chi connectivity index (χ3v) is 4.80. The van der Waals surface area contributed by atoms with Crippen molar-refractivity contribution >= 4 is 15.7 Å². The number of rotatable bonds is 9. The van der Waals surface area contributed by atoms with Crippen LogP contribution in [-0.2, 0) is 14.6 Å². The van der Waals surface area contributed by atoms with Crippen molar-refractivity contribution in [2.45, 2.75) is 35.6 Å². The number of aromatic nitrogens is 2. The lowest BCUT2D eigenvalue weighted by molar-refractivity contribution is -0.129. The van der Waals surface area contributed by atoms with Crippen molar-refractivity contribution in [3.05, 3.63) is 30.3 Å². The number of benzene rings is 1. The number of hydrogen-bond donors (Lipinski definition) is 2. The van der Waals surface area contributed by atoms with Gasteiger partial charge in [0, 0.05) is 6.42 Å². The van der Waals surface area contributed by atoms with E-state index >= 15 is 0 Å². The summed E-state index contributed by atoms with van der Waals surface area (Å²) in [6, 6.07) is 7.79. The Morgan fingerprint density at radius 1 is 1.17 bits per heavy atom. The van der Waals surface area contributed by atoms with Crippen molar-refractivity contribution in [2.75, 3.05) is 6.61 Å². The molecule has 0 radical (unpaired) electrons. The molecule has 0 fully saturated rings. The lowest BCUT2D eigenvalue weighted by Crippen LogP contribution is -2.17. The molecular weight excluding hydrogens is 338 g/mol. The topological polar surface area (TPSA) is 132 Å². The lowest BCUT2D eigenvalue weighted by atomic mass is 10.2. The smallest absolute Gasteiger partial charge is 0.295 e. The number of ether oxygens (including phenoxy) is 1. The Hall–Kier alpha value is -2.46. The first-order valence-electron chi connectivity index (χ1n) is 7.24. The van der Waals surface area contributed by atoms with Gasteiger partial charge in [-0.05, 0) is 41.7 Å². The van der Waals surface area contributed by atoms with Gasteiger partial charge in [-0.1, -0.05) is 18.2 Å². The van der Waals surface area contributed by atoms with Gasteiger partial charge in [0.05, 0.1) is 11.5 Å². The lowest BCUT2D eigenvalue weighted by Gasteiger charge is -2.04. The molecule has 0 unspecified atom stereocenters. The molecule has 0 bridgehead atoms. The summed E-state index contributed by atoms with van der Waals surface area (Å²) in [6.45, 7) is 0.201. The van der Waals surface area contributed by atoms with Gasteiger partial charge >= 0.3 is 0 Å². The zero-order valence-corrected chi connectivity index (χ0v) is 13.5. The third-order valence-electron chi connectivity index (χ3n) is 3.15. The Kier molecular flexibility index (Phi) is 6.27. The molecule has 10 heteroatoms. The summed E-state index contributed by atoms with van der Waals surface area (Å²) in [6.07, 6.45) is 2.02. The molecule has 24 heavy (non-hydrogen) atoms. The minimum Gasteiger partial charge on any atom is -0.473 e. The number of nitrogens with one attached hydrogen (secondary N) is 1. The van der Waals surface area contributed by atoms with Crippen LogP contribution >= 0.6 is 0 Å². The van der Waals surface area contributed by atoms with E-state index in [9.17, 15) is 13.2 Å². The molecule has 0 atom stereocenters. The van der Waals surface area contributed by atoms with E-state index in [1.165, 1.54) is 12.1 Å². The molecule has 1 amide bonds. The van der Waals surface area contributed by atoms with E-state index in [1.807, 2.05) is 0 Å². The predicted octanol–water partition coefficient (Wildman–Crippen LogP) is 1.35. The predicted molar refractivity (Wildman–Crippen MR) is 80.1 cm³/mol. The van der Waals surface area contributed by atoms with Crippen LogP contribution in [0.15, 0.2) is 44.9 Å². The Morgan fingerprint density at radius 2 is 1.92 bits per heavy atom. The van der Waals surface area contributed by atoms with E-state index in [4.69, 9.17) is 9.94 Å². The van der Waals surface area contributed by atoms with Gasteiger partial charge in [0.1, 0.15) is 0 Å². The van der Waals surface area contributed by atoms with Crippen molar-refractivity contribution in [3.63, 3.8) is 0 Å². The monoisotopic (exact) mass is 355 g/mol. The molecule has 2 N–H and O–H groups in total. The van der Waals surface area contributed by atoms with Crippen LogP contribution in [0.4, 0.5) is 0 Å². The molecule has 1 aromatic carbocycles. The van der Waals surface area contributed by atoms with Crippen LogP contribution in [0.25, 0.3) is 0 Å². The quantitative estimate of drug-likeness (QED) is 0.391. The van der Waals surface area contributed by atoms with Crippen LogP contribution in [0.2, 0.25) is 0 Å². The molecule has 0 spiro atoms. The first-order chi connectivity index (χ1) is 11.6. The van der Waals surface area contributed by atoms with Gasteiger partial charge in [-0.15, -0.1) is 0 Å². The molecule has 130 valence electrons. The fourth-order valence-corrected chi connectivity index (χ4v) is 3.12. The Morgan fingerprint density at radius 3 is 2.62 bits per heavy atom. The van der Waals surface area contributed by atoms with Gasteiger partial charge in [0.2, 0.25) is 15.7 Å². The van der Waals surface area contributed by atoms with Gasteiger partial charge in [0.15, 0.2) is 0 Å². The molecule has 2 rings (SSSR count). The second kappa shape index (κ2) is 8.41. The molecule has 0 aliphatic heterocycles. The van der Waals surface area contributed by atoms with Crippen molar-refractivity contribution in [1.29, 1.82) is 0 Å². The maximum absolute atomic E-state index is 12.4. The zero-order chi connectivity index (χ0) is 17.4. The highest BCUT2D eigenvalue weighted by Crippen LogP contribution is 2.26. The van der Waals surface area contributed by atoms with Gasteiger partial charge in [-0.25, -0.2) is 18.5 Å². The molecule has 0 aliphatic rings. The van der Waals surface area contributed by atoms with E-state index in [1.54, 1.807) is 23.7 Å². The summed E-state index contributed by atoms with van der Waals surface area (Å²) in [5.41, 5.74) is 1.55. The number of carbonyl (C=O) groups is 1. The van der Waals surface area contributed by atoms with Gasteiger partial charge in [0.25, 0.3) is 10.9 Å². The number of hydrogen-bond acceptors (Lipinski definition) is 8. The number of nitrogens with zero attached hydrogens (tertiary/aromatic N) is 2. The molecule has 0 saturated carbocycles. The number of carbonyl (C=O) groups excluding carboxylic acids is 1. The standard InChI is InChI=1S/C14H17N3O6S/c18-12(15-19)9-5-2-6-10-22-13-14(17-23-16-13)24(20,21)11-7-3-1-4-8-11/h1,3-4,7-8,19H,2,5-6,9-10H2,(H,15,18). The van der Waals surface area contributed by atoms with Crippen LogP contribution < -0.4 is 10.2 Å². The van der Waals surface area contributed by atoms with Crippen molar-refractivity contribution in [1.82, 2.24) is 15.8 Å². The highest BCUT2D eigenvalue weighted by atomic mass is 32.2. The molecular formula is C14H17N3O6S. The van der Waals surface area contributed by atoms with Gasteiger partial charge in [-0.3, -0.25) is 10.0 Å². The van der Waals surface area contributed by atoms with Crippen LogP contribution in [0.3, 0.4) is 0 Å². The third kappa shape index (κ3) is 4.52. The van der Waals surface area contributed by atoms with E-state index in [-0.39, 0.29) is 28.8 Å². The molecule has 1 aromatic heterocycles. The van der Waals surface area contributed by atoms with Crippen LogP contribution in [0.1, 0.15) is 25.7 Å². The second-order valence-electron chi connectivity index (χ2n) is 4.89. The summed E-state index contributed by atoms with van der Waals surface area (Å²) in [5, 5.41) is 14.9. The zero-order valence-electron chi connectivity index (χ0n) is 12.7. The molecule has 1 heterocycles. The second-order valence-corrected chi connectivity index (χ2v) is 6.75. The maximum atomic E-state index is 12.4. The van der Waals surface area contributed by atoms with Crippen molar-refractivity contribution < 1.29 is 27.8 Å². The molecule has 0 saturated heterocycles. The molecule has 9 nitrogen and oxygen atoms in total. The first-order valence-corrected chi connectivity index (χ1v) is 8.72. The number of amides is 1. The highest BCUT2D eigenvalue weighted by Gasteiger charge is 2.28. The Balaban J connectivity index is 1.90. The van der Waals surface area contributed by atoms with Crippen LogP contribution in [-0.4, -0.2) is 36.5 Å². The largest absolute Gasteiger partial charge is 0.473 e. The molecule has 2 aromatic rings. The van der Waals surface area contributed by atoms with E-state index < -0.39 is 15.7 Å². The van der Waals surface area contributed by atoms with Crippen LogP contribution in [0, 0.1) is 0 Å². The van der Waals surface area contributed by atoms with Crippen molar-refractivity contribution in [2.24, 2.45) is 0 Å². The van der Waals surface area contributed by atoms with Crippen LogP contribution in [0.5, 0.6) is 5.88 Å². The van der Waals surface area contributed by atoms with E-state index in [2.05, 4.69) is 14.9 Å². The first kappa shape index (κ1) is 17.9. The average Bonchev–Trinajstić information content (AvgIpc) is 3.07. The summed E-state index contributed by atoms with van der Waals surface area (Å²) in [7, 11) is -3.86. The Bertz CT molecular complexity index is 760. The average molecular weight is 355 g/mol. The SMILES string of the molecule is O=C(CCCCCOc1nonc1S(=O)(=O)c1ccccc1)NO. The Labute approximate surface area is 138 Å². The number of hydroxylamine groups is 1. The summed E-state index contributed by atoms with van der Waals surface area (Å²) in [5.74, 6) is -0.639. The molecule has 0 aliphatic carbocycles. The summed E-state index contributed by atoms with van der Waals surface area (Å²) in [4.78, 5) is 10.9. The van der Waals surface area contributed by atoms with Crippen molar-refractivity contribution in [3.8, 4) is 5.88 Å².